The van der Waals surface area contributed by atoms with Gasteiger partial charge in [-0.15, -0.1) is 11.8 Å². The highest BCUT2D eigenvalue weighted by molar-refractivity contribution is 8.00. The molecule has 6 heteroatoms. The second-order valence-corrected chi connectivity index (χ2v) is 6.12. The number of benzene rings is 1. The molecule has 0 saturated carbocycles. The lowest BCUT2D eigenvalue weighted by molar-refractivity contribution is -0.121. The molecule has 1 aromatic rings. The fourth-order valence-corrected chi connectivity index (χ4v) is 3.27. The normalized spacial score (nSPS) is 13.9. The van der Waals surface area contributed by atoms with Crippen molar-refractivity contribution in [2.24, 2.45) is 0 Å². The van der Waals surface area contributed by atoms with E-state index in [1.807, 2.05) is 24.3 Å². The number of methoxy groups -OCH3 is 1. The third-order valence-corrected chi connectivity index (χ3v) is 4.49. The molecule has 1 aliphatic heterocycles. The number of hydrogen-bond donors (Lipinski definition) is 1. The van der Waals surface area contributed by atoms with Crippen LogP contribution in [0.5, 0.6) is 0 Å². The first kappa shape index (κ1) is 16.8. The lowest BCUT2D eigenvalue weighted by Crippen LogP contribution is -2.36. The summed E-state index contributed by atoms with van der Waals surface area (Å²) in [7, 11) is 1.65. The number of thioether (sulfide) groups is 1. The van der Waals surface area contributed by atoms with Crippen LogP contribution in [0.4, 0.5) is 5.69 Å². The van der Waals surface area contributed by atoms with Gasteiger partial charge in [-0.3, -0.25) is 9.59 Å². The summed E-state index contributed by atoms with van der Waals surface area (Å²) >= 11 is 1.57. The molecule has 1 aliphatic rings. The number of carbonyl (C=O) groups is 2. The van der Waals surface area contributed by atoms with Crippen LogP contribution in [-0.4, -0.2) is 44.4 Å². The largest absolute Gasteiger partial charge is 0.385 e. The Hall–Kier alpha value is -1.53. The number of carbonyl (C=O) groups excluding carboxylic acids is 2. The summed E-state index contributed by atoms with van der Waals surface area (Å²) < 4.78 is 4.93. The van der Waals surface area contributed by atoms with Gasteiger partial charge in [-0.2, -0.15) is 0 Å². The van der Waals surface area contributed by atoms with E-state index in [1.165, 1.54) is 0 Å². The van der Waals surface area contributed by atoms with Gasteiger partial charge in [0.15, 0.2) is 0 Å². The van der Waals surface area contributed by atoms with Crippen molar-refractivity contribution in [1.29, 1.82) is 0 Å². The van der Waals surface area contributed by atoms with E-state index >= 15 is 0 Å². The summed E-state index contributed by atoms with van der Waals surface area (Å²) in [4.78, 5) is 26.7. The predicted molar refractivity (Wildman–Crippen MR) is 88.3 cm³/mol. The monoisotopic (exact) mass is 322 g/mol. The smallest absolute Gasteiger partial charge is 0.237 e. The van der Waals surface area contributed by atoms with Gasteiger partial charge in [-0.25, -0.2) is 0 Å². The minimum absolute atomic E-state index is 0.0308. The zero-order valence-corrected chi connectivity index (χ0v) is 13.7. The van der Waals surface area contributed by atoms with Gasteiger partial charge < -0.3 is 15.0 Å². The van der Waals surface area contributed by atoms with Crippen molar-refractivity contribution in [3.63, 3.8) is 0 Å². The maximum Gasteiger partial charge on any atom is 0.237 e. The molecule has 0 saturated heterocycles. The van der Waals surface area contributed by atoms with Crippen LogP contribution in [0, 0.1) is 0 Å². The van der Waals surface area contributed by atoms with Crippen LogP contribution in [0.3, 0.4) is 0 Å². The SMILES string of the molecule is COCCCNC(=O)CCCN1C(=O)CSc2ccccc21. The molecule has 22 heavy (non-hydrogen) atoms. The lowest BCUT2D eigenvalue weighted by Gasteiger charge is -2.28. The number of nitrogens with one attached hydrogen (secondary N) is 1. The van der Waals surface area contributed by atoms with Crippen LogP contribution in [0.25, 0.3) is 0 Å². The Labute approximate surface area is 135 Å². The van der Waals surface area contributed by atoms with Gasteiger partial charge in [0.05, 0.1) is 11.4 Å². The second-order valence-electron chi connectivity index (χ2n) is 5.10. The van der Waals surface area contributed by atoms with Crippen molar-refractivity contribution in [2.75, 3.05) is 37.5 Å². The Balaban J connectivity index is 1.77. The number of nitrogens with zero attached hydrogens (tertiary/aromatic N) is 1. The highest BCUT2D eigenvalue weighted by atomic mass is 32.2. The molecule has 0 unspecified atom stereocenters. The second kappa shape index (κ2) is 8.80. The van der Waals surface area contributed by atoms with Gasteiger partial charge in [-0.1, -0.05) is 12.1 Å². The lowest BCUT2D eigenvalue weighted by atomic mass is 10.2. The highest BCUT2D eigenvalue weighted by Gasteiger charge is 2.23. The van der Waals surface area contributed by atoms with E-state index < -0.39 is 0 Å². The summed E-state index contributed by atoms with van der Waals surface area (Å²) in [6, 6.07) is 7.91. The Kier molecular flexibility index (Phi) is 6.74. The van der Waals surface area contributed by atoms with E-state index in [1.54, 1.807) is 23.8 Å². The van der Waals surface area contributed by atoms with Crippen molar-refractivity contribution < 1.29 is 14.3 Å². The Morgan fingerprint density at radius 1 is 1.36 bits per heavy atom. The van der Waals surface area contributed by atoms with Crippen molar-refractivity contribution in [3.8, 4) is 0 Å². The molecule has 5 nitrogen and oxygen atoms in total. The zero-order valence-electron chi connectivity index (χ0n) is 12.8. The topological polar surface area (TPSA) is 58.6 Å². The van der Waals surface area contributed by atoms with Crippen LogP contribution in [0.1, 0.15) is 19.3 Å². The molecule has 0 fully saturated rings. The van der Waals surface area contributed by atoms with E-state index in [4.69, 9.17) is 4.74 Å². The van der Waals surface area contributed by atoms with E-state index in [0.717, 1.165) is 17.0 Å². The van der Waals surface area contributed by atoms with Gasteiger partial charge in [0, 0.05) is 38.1 Å². The minimum Gasteiger partial charge on any atom is -0.385 e. The average molecular weight is 322 g/mol. The van der Waals surface area contributed by atoms with Crippen molar-refractivity contribution in [2.45, 2.75) is 24.2 Å². The Bertz CT molecular complexity index is 522. The number of hydrogen-bond acceptors (Lipinski definition) is 4. The molecule has 0 spiro atoms. The van der Waals surface area contributed by atoms with Crippen LogP contribution in [0.2, 0.25) is 0 Å². The molecule has 1 heterocycles. The maximum atomic E-state index is 12.1. The van der Waals surface area contributed by atoms with Gasteiger partial charge in [0.25, 0.3) is 0 Å². The number of fused-ring (bicyclic) bond motifs is 1. The average Bonchev–Trinajstić information content (AvgIpc) is 2.54. The summed E-state index contributed by atoms with van der Waals surface area (Å²) in [5, 5.41) is 2.86. The molecule has 120 valence electrons. The Morgan fingerprint density at radius 2 is 2.18 bits per heavy atom. The molecule has 0 atom stereocenters. The molecule has 2 amide bonds. The van der Waals surface area contributed by atoms with E-state index in [9.17, 15) is 9.59 Å². The zero-order chi connectivity index (χ0) is 15.8. The minimum atomic E-state index is 0.0308. The Morgan fingerprint density at radius 3 is 3.00 bits per heavy atom. The van der Waals surface area contributed by atoms with Crippen LogP contribution in [-0.2, 0) is 14.3 Å². The van der Waals surface area contributed by atoms with Gasteiger partial charge >= 0.3 is 0 Å². The molecule has 0 aromatic heterocycles. The maximum absolute atomic E-state index is 12.1. The number of para-hydroxylation sites is 1. The fraction of sp³-hybridized carbons (Fsp3) is 0.500. The third-order valence-electron chi connectivity index (χ3n) is 3.44. The number of rotatable bonds is 8. The molecular weight excluding hydrogens is 300 g/mol. The molecule has 0 aliphatic carbocycles. The molecule has 0 radical (unpaired) electrons. The predicted octanol–water partition coefficient (Wildman–Crippen LogP) is 2.06. The van der Waals surface area contributed by atoms with E-state index in [2.05, 4.69) is 5.32 Å². The molecule has 1 N–H and O–H groups in total. The van der Waals surface area contributed by atoms with Crippen LogP contribution < -0.4 is 10.2 Å². The van der Waals surface area contributed by atoms with E-state index in [0.29, 0.717) is 38.3 Å². The van der Waals surface area contributed by atoms with Crippen molar-refractivity contribution in [1.82, 2.24) is 5.32 Å². The summed E-state index contributed by atoms with van der Waals surface area (Å²) in [5.74, 6) is 0.618. The first-order chi connectivity index (χ1) is 10.7. The fourth-order valence-electron chi connectivity index (χ4n) is 2.33. The first-order valence-electron chi connectivity index (χ1n) is 7.50. The number of amides is 2. The molecular formula is C16H22N2O3S. The van der Waals surface area contributed by atoms with E-state index in [-0.39, 0.29) is 11.8 Å². The standard InChI is InChI=1S/C16H22N2O3S/c1-21-11-5-9-17-15(19)8-4-10-18-13-6-2-3-7-14(13)22-12-16(18)20/h2-3,6-7H,4-5,8-12H2,1H3,(H,17,19). The number of ether oxygens (including phenoxy) is 1. The van der Waals surface area contributed by atoms with Crippen LogP contribution in [0.15, 0.2) is 29.2 Å². The van der Waals surface area contributed by atoms with Gasteiger partial charge in [0.1, 0.15) is 0 Å². The summed E-state index contributed by atoms with van der Waals surface area (Å²) in [6.45, 7) is 1.87. The van der Waals surface area contributed by atoms with Gasteiger partial charge in [0.2, 0.25) is 11.8 Å². The van der Waals surface area contributed by atoms with Crippen LogP contribution >= 0.6 is 11.8 Å². The summed E-state index contributed by atoms with van der Waals surface area (Å²) in [6.07, 6.45) is 1.92. The first-order valence-corrected chi connectivity index (χ1v) is 8.49. The highest BCUT2D eigenvalue weighted by Crippen LogP contribution is 2.34. The number of anilines is 1. The molecule has 0 bridgehead atoms. The third kappa shape index (κ3) is 4.74. The summed E-state index contributed by atoms with van der Waals surface area (Å²) in [5.41, 5.74) is 0.962. The van der Waals surface area contributed by atoms with Crippen molar-refractivity contribution >= 4 is 29.3 Å². The molecule has 1 aromatic carbocycles. The van der Waals surface area contributed by atoms with Gasteiger partial charge in [-0.05, 0) is 25.0 Å². The molecule has 2 rings (SSSR count). The van der Waals surface area contributed by atoms with Crippen molar-refractivity contribution in [3.05, 3.63) is 24.3 Å². The quantitative estimate of drug-likeness (QED) is 0.744.